The van der Waals surface area contributed by atoms with Gasteiger partial charge in [-0.15, -0.1) is 0 Å². The molecule has 0 aliphatic rings. The highest BCUT2D eigenvalue weighted by molar-refractivity contribution is 7.07. The molecule has 1 unspecified atom stereocenters. The van der Waals surface area contributed by atoms with Gasteiger partial charge in [-0.3, -0.25) is 4.79 Å². The van der Waals surface area contributed by atoms with Crippen molar-refractivity contribution in [2.75, 3.05) is 6.54 Å². The van der Waals surface area contributed by atoms with Gasteiger partial charge in [0.05, 0.1) is 0 Å². The summed E-state index contributed by atoms with van der Waals surface area (Å²) in [5.41, 5.74) is 1.21. The van der Waals surface area contributed by atoms with Gasteiger partial charge in [-0.2, -0.15) is 11.3 Å². The van der Waals surface area contributed by atoms with Crippen LogP contribution in [0.15, 0.2) is 41.1 Å². The lowest BCUT2D eigenvalue weighted by Crippen LogP contribution is -2.37. The molecule has 0 fully saturated rings. The lowest BCUT2D eigenvalue weighted by atomic mass is 10.2. The van der Waals surface area contributed by atoms with Gasteiger partial charge in [-0.05, 0) is 60.0 Å². The first kappa shape index (κ1) is 14.5. The molecule has 1 N–H and O–H groups in total. The van der Waals surface area contributed by atoms with E-state index >= 15 is 0 Å². The third-order valence-electron chi connectivity index (χ3n) is 2.79. The van der Waals surface area contributed by atoms with E-state index in [-0.39, 0.29) is 11.7 Å². The molecule has 1 amide bonds. The van der Waals surface area contributed by atoms with Gasteiger partial charge >= 0.3 is 0 Å². The van der Waals surface area contributed by atoms with Gasteiger partial charge in [0, 0.05) is 6.54 Å². The molecule has 3 nitrogen and oxygen atoms in total. The minimum absolute atomic E-state index is 0.176. The van der Waals surface area contributed by atoms with E-state index in [1.54, 1.807) is 18.3 Å². The summed E-state index contributed by atoms with van der Waals surface area (Å²) in [5, 5.41) is 6.89. The second-order valence-corrected chi connectivity index (χ2v) is 5.17. The van der Waals surface area contributed by atoms with Crippen molar-refractivity contribution in [3.05, 3.63) is 52.5 Å². The Bertz CT molecular complexity index is 540. The minimum Gasteiger partial charge on any atom is -0.481 e. The lowest BCUT2D eigenvalue weighted by molar-refractivity contribution is -0.127. The average molecular weight is 293 g/mol. The Balaban J connectivity index is 1.75. The molecule has 0 aliphatic carbocycles. The number of halogens is 1. The standard InChI is InChI=1S/C15H16FNO2S/c1-11(19-14-4-2-13(16)3-5-14)15(18)17-8-6-12-7-9-20-10-12/h2-5,7,9-11H,6,8H2,1H3,(H,17,18). The zero-order chi connectivity index (χ0) is 14.4. The zero-order valence-electron chi connectivity index (χ0n) is 11.1. The highest BCUT2D eigenvalue weighted by atomic mass is 32.1. The van der Waals surface area contributed by atoms with Gasteiger partial charge in [-0.1, -0.05) is 0 Å². The van der Waals surface area contributed by atoms with Crippen molar-refractivity contribution in [3.63, 3.8) is 0 Å². The summed E-state index contributed by atoms with van der Waals surface area (Å²) in [5.74, 6) is -0.0262. The molecule has 0 saturated carbocycles. The maximum absolute atomic E-state index is 12.7. The molecule has 0 bridgehead atoms. The van der Waals surface area contributed by atoms with Crippen LogP contribution in [-0.4, -0.2) is 18.6 Å². The molecule has 2 aromatic rings. The molecule has 5 heteroatoms. The Labute approximate surface area is 121 Å². The Morgan fingerprint density at radius 3 is 2.75 bits per heavy atom. The van der Waals surface area contributed by atoms with Gasteiger partial charge in [-0.25, -0.2) is 4.39 Å². The number of rotatable bonds is 6. The van der Waals surface area contributed by atoms with Crippen LogP contribution in [0.25, 0.3) is 0 Å². The van der Waals surface area contributed by atoms with Crippen molar-refractivity contribution in [3.8, 4) is 5.75 Å². The second kappa shape index (κ2) is 7.05. The molecule has 1 heterocycles. The average Bonchev–Trinajstić information content (AvgIpc) is 2.94. The number of amides is 1. The molecule has 0 saturated heterocycles. The SMILES string of the molecule is CC(Oc1ccc(F)cc1)C(=O)NCCc1ccsc1. The summed E-state index contributed by atoms with van der Waals surface area (Å²) < 4.78 is 18.2. The van der Waals surface area contributed by atoms with Crippen molar-refractivity contribution in [2.24, 2.45) is 0 Å². The third-order valence-corrected chi connectivity index (χ3v) is 3.52. The van der Waals surface area contributed by atoms with Crippen LogP contribution in [0.2, 0.25) is 0 Å². The fourth-order valence-electron chi connectivity index (χ4n) is 1.68. The Morgan fingerprint density at radius 2 is 2.10 bits per heavy atom. The number of thiophene rings is 1. The first-order chi connectivity index (χ1) is 9.65. The maximum Gasteiger partial charge on any atom is 0.260 e. The van der Waals surface area contributed by atoms with Crippen LogP contribution < -0.4 is 10.1 Å². The summed E-state index contributed by atoms with van der Waals surface area (Å²) in [6, 6.07) is 7.65. The fourth-order valence-corrected chi connectivity index (χ4v) is 2.38. The first-order valence-corrected chi connectivity index (χ1v) is 7.30. The number of ether oxygens (including phenoxy) is 1. The molecule has 20 heavy (non-hydrogen) atoms. The molecular formula is C15H16FNO2S. The number of carbonyl (C=O) groups excluding carboxylic acids is 1. The van der Waals surface area contributed by atoms with E-state index in [9.17, 15) is 9.18 Å². The van der Waals surface area contributed by atoms with E-state index in [0.29, 0.717) is 12.3 Å². The van der Waals surface area contributed by atoms with Crippen molar-refractivity contribution in [2.45, 2.75) is 19.4 Å². The molecule has 0 aliphatic heterocycles. The minimum atomic E-state index is -0.608. The van der Waals surface area contributed by atoms with Crippen molar-refractivity contribution in [1.82, 2.24) is 5.32 Å². The third kappa shape index (κ3) is 4.35. The molecule has 1 atom stereocenters. The first-order valence-electron chi connectivity index (χ1n) is 6.36. The monoisotopic (exact) mass is 293 g/mol. The van der Waals surface area contributed by atoms with E-state index in [2.05, 4.69) is 10.7 Å². The molecule has 0 spiro atoms. The number of benzene rings is 1. The van der Waals surface area contributed by atoms with Crippen molar-refractivity contribution in [1.29, 1.82) is 0 Å². The largest absolute Gasteiger partial charge is 0.481 e. The molecule has 1 aromatic carbocycles. The molecular weight excluding hydrogens is 277 g/mol. The van der Waals surface area contributed by atoms with Crippen molar-refractivity contribution >= 4 is 17.2 Å². The van der Waals surface area contributed by atoms with Gasteiger partial charge in [0.2, 0.25) is 0 Å². The van der Waals surface area contributed by atoms with Crippen LogP contribution in [0.3, 0.4) is 0 Å². The van der Waals surface area contributed by atoms with E-state index in [0.717, 1.165) is 6.42 Å². The van der Waals surface area contributed by atoms with Crippen LogP contribution in [-0.2, 0) is 11.2 Å². The van der Waals surface area contributed by atoms with Gasteiger partial charge < -0.3 is 10.1 Å². The summed E-state index contributed by atoms with van der Waals surface area (Å²) in [7, 11) is 0. The van der Waals surface area contributed by atoms with E-state index in [4.69, 9.17) is 4.74 Å². The summed E-state index contributed by atoms with van der Waals surface area (Å²) in [4.78, 5) is 11.8. The predicted molar refractivity (Wildman–Crippen MR) is 77.5 cm³/mol. The number of hydrogen-bond donors (Lipinski definition) is 1. The molecule has 1 aromatic heterocycles. The smallest absolute Gasteiger partial charge is 0.260 e. The van der Waals surface area contributed by atoms with Gasteiger partial charge in [0.15, 0.2) is 6.10 Å². The lowest BCUT2D eigenvalue weighted by Gasteiger charge is -2.14. The highest BCUT2D eigenvalue weighted by Crippen LogP contribution is 2.13. The second-order valence-electron chi connectivity index (χ2n) is 4.39. The van der Waals surface area contributed by atoms with Crippen molar-refractivity contribution < 1.29 is 13.9 Å². The van der Waals surface area contributed by atoms with Crippen LogP contribution in [0.5, 0.6) is 5.75 Å². The fraction of sp³-hybridized carbons (Fsp3) is 0.267. The van der Waals surface area contributed by atoms with E-state index in [1.165, 1.54) is 29.8 Å². The number of nitrogens with one attached hydrogen (secondary N) is 1. The summed E-state index contributed by atoms with van der Waals surface area (Å²) in [6.45, 7) is 2.25. The molecule has 0 radical (unpaired) electrons. The van der Waals surface area contributed by atoms with Gasteiger partial charge in [0.25, 0.3) is 5.91 Å². The Kier molecular flexibility index (Phi) is 5.12. The summed E-state index contributed by atoms with van der Waals surface area (Å²) in [6.07, 6.45) is 0.196. The summed E-state index contributed by atoms with van der Waals surface area (Å²) >= 11 is 1.64. The van der Waals surface area contributed by atoms with E-state index < -0.39 is 6.10 Å². The topological polar surface area (TPSA) is 38.3 Å². The highest BCUT2D eigenvalue weighted by Gasteiger charge is 2.13. The van der Waals surface area contributed by atoms with Crippen LogP contribution in [0.4, 0.5) is 4.39 Å². The quantitative estimate of drug-likeness (QED) is 0.889. The zero-order valence-corrected chi connectivity index (χ0v) is 12.0. The van der Waals surface area contributed by atoms with Crippen LogP contribution in [0.1, 0.15) is 12.5 Å². The Hall–Kier alpha value is -1.88. The molecule has 106 valence electrons. The van der Waals surface area contributed by atoms with Crippen LogP contribution in [0, 0.1) is 5.82 Å². The number of hydrogen-bond acceptors (Lipinski definition) is 3. The molecule has 2 rings (SSSR count). The number of carbonyl (C=O) groups is 1. The maximum atomic E-state index is 12.7. The van der Waals surface area contributed by atoms with E-state index in [1.807, 2.05) is 11.4 Å². The van der Waals surface area contributed by atoms with Gasteiger partial charge in [0.1, 0.15) is 11.6 Å². The predicted octanol–water partition coefficient (Wildman–Crippen LogP) is 3.01. The van der Waals surface area contributed by atoms with Crippen LogP contribution >= 0.6 is 11.3 Å². The normalized spacial score (nSPS) is 11.9. The Morgan fingerprint density at radius 1 is 1.35 bits per heavy atom.